The Morgan fingerprint density at radius 1 is 0.235 bits per heavy atom. The Morgan fingerprint density at radius 2 is 0.647 bits per heavy atom. The number of hydrogen-bond donors (Lipinski definition) is 0. The van der Waals surface area contributed by atoms with E-state index in [1.54, 1.807) is 0 Å². The highest BCUT2D eigenvalue weighted by molar-refractivity contribution is 6.12. The van der Waals surface area contributed by atoms with E-state index in [-0.39, 0.29) is 0 Å². The predicted molar refractivity (Wildman–Crippen MR) is 218 cm³/mol. The lowest BCUT2D eigenvalue weighted by Crippen LogP contribution is -1.94. The summed E-state index contributed by atoms with van der Waals surface area (Å²) in [7, 11) is 0. The van der Waals surface area contributed by atoms with E-state index in [1.807, 2.05) is 0 Å². The molecule has 0 fully saturated rings. The SMILES string of the molecule is c1ccc(-c2ccc(-n3c4ccc(-c5ccccc5)cc4c4cc(-c5ccc(-c6ccc7c(ccc8ccccc87)c6)cc5)ccc43)cc2)cc1. The lowest BCUT2D eigenvalue weighted by Gasteiger charge is -2.10. The highest BCUT2D eigenvalue weighted by Gasteiger charge is 2.15. The van der Waals surface area contributed by atoms with Crippen LogP contribution in [-0.2, 0) is 0 Å². The second-order valence-electron chi connectivity index (χ2n) is 13.4. The molecule has 1 aromatic heterocycles. The van der Waals surface area contributed by atoms with Gasteiger partial charge in [-0.15, -0.1) is 0 Å². The Balaban J connectivity index is 1.06. The summed E-state index contributed by atoms with van der Waals surface area (Å²) < 4.78 is 2.41. The van der Waals surface area contributed by atoms with Crippen molar-refractivity contribution in [2.75, 3.05) is 0 Å². The van der Waals surface area contributed by atoms with Crippen LogP contribution in [0.25, 0.3) is 93.5 Å². The van der Waals surface area contributed by atoms with Crippen molar-refractivity contribution in [2.24, 2.45) is 0 Å². The van der Waals surface area contributed by atoms with Gasteiger partial charge in [0.1, 0.15) is 0 Å². The number of benzene rings is 9. The van der Waals surface area contributed by atoms with Crippen LogP contribution in [0.15, 0.2) is 200 Å². The Bertz CT molecular complexity index is 2860. The molecule has 0 N–H and O–H groups in total. The van der Waals surface area contributed by atoms with Crippen LogP contribution in [-0.4, -0.2) is 4.57 Å². The molecule has 51 heavy (non-hydrogen) atoms. The molecule has 0 spiro atoms. The molecule has 1 heterocycles. The van der Waals surface area contributed by atoms with E-state index in [9.17, 15) is 0 Å². The van der Waals surface area contributed by atoms with E-state index in [2.05, 4.69) is 205 Å². The number of fused-ring (bicyclic) bond motifs is 6. The number of hydrogen-bond acceptors (Lipinski definition) is 0. The first-order valence-electron chi connectivity index (χ1n) is 17.6. The first-order valence-corrected chi connectivity index (χ1v) is 17.6. The molecule has 0 amide bonds. The maximum absolute atomic E-state index is 2.41. The molecule has 0 aliphatic carbocycles. The molecule has 1 heteroatoms. The van der Waals surface area contributed by atoms with Gasteiger partial charge in [-0.05, 0) is 109 Å². The highest BCUT2D eigenvalue weighted by atomic mass is 15.0. The number of nitrogens with zero attached hydrogens (tertiary/aromatic N) is 1. The summed E-state index contributed by atoms with van der Waals surface area (Å²) in [6, 6.07) is 73.0. The van der Waals surface area contributed by atoms with Crippen molar-refractivity contribution >= 4 is 43.4 Å². The van der Waals surface area contributed by atoms with Crippen LogP contribution in [0.5, 0.6) is 0 Å². The van der Waals surface area contributed by atoms with Crippen LogP contribution in [0.1, 0.15) is 0 Å². The standard InChI is InChI=1S/C50H33N/c1-3-9-34(10-4-1)36-21-26-44(27-22-36)51-49-29-24-41(35-11-5-2-6-12-35)32-47(49)48-33-42(25-30-50(48)51)38-17-15-37(16-18-38)40-23-28-46-43(31-40)20-19-39-13-7-8-14-45(39)46/h1-33H. The van der Waals surface area contributed by atoms with E-state index in [1.165, 1.54) is 87.9 Å². The second-order valence-corrected chi connectivity index (χ2v) is 13.4. The normalized spacial score (nSPS) is 11.5. The quantitative estimate of drug-likeness (QED) is 0.164. The summed E-state index contributed by atoms with van der Waals surface area (Å²) in [4.78, 5) is 0. The largest absolute Gasteiger partial charge is 0.309 e. The smallest absolute Gasteiger partial charge is 0.0541 e. The molecule has 238 valence electrons. The third-order valence-corrected chi connectivity index (χ3v) is 10.4. The van der Waals surface area contributed by atoms with Crippen LogP contribution in [0.4, 0.5) is 0 Å². The fraction of sp³-hybridized carbons (Fsp3) is 0. The Morgan fingerprint density at radius 3 is 1.27 bits per heavy atom. The zero-order valence-electron chi connectivity index (χ0n) is 28.0. The van der Waals surface area contributed by atoms with E-state index in [0.717, 1.165) is 5.69 Å². The molecule has 0 unspecified atom stereocenters. The third kappa shape index (κ3) is 5.10. The van der Waals surface area contributed by atoms with Gasteiger partial charge < -0.3 is 4.57 Å². The molecule has 0 saturated carbocycles. The zero-order chi connectivity index (χ0) is 33.7. The van der Waals surface area contributed by atoms with E-state index >= 15 is 0 Å². The van der Waals surface area contributed by atoms with E-state index < -0.39 is 0 Å². The summed E-state index contributed by atoms with van der Waals surface area (Å²) in [5.41, 5.74) is 13.3. The molecule has 10 rings (SSSR count). The minimum absolute atomic E-state index is 1.16. The highest BCUT2D eigenvalue weighted by Crippen LogP contribution is 2.38. The Kier molecular flexibility index (Phi) is 6.89. The molecule has 0 radical (unpaired) electrons. The fourth-order valence-electron chi connectivity index (χ4n) is 7.77. The van der Waals surface area contributed by atoms with Gasteiger partial charge in [0.2, 0.25) is 0 Å². The molecule has 0 atom stereocenters. The van der Waals surface area contributed by atoms with Crippen molar-refractivity contribution in [2.45, 2.75) is 0 Å². The fourth-order valence-corrected chi connectivity index (χ4v) is 7.77. The van der Waals surface area contributed by atoms with Crippen molar-refractivity contribution in [1.82, 2.24) is 4.57 Å². The van der Waals surface area contributed by atoms with Crippen LogP contribution < -0.4 is 0 Å². The Labute approximate surface area is 297 Å². The molecule has 10 aromatic rings. The summed E-state index contributed by atoms with van der Waals surface area (Å²) in [6.07, 6.45) is 0. The molecular formula is C50H33N. The molecule has 1 nitrogen and oxygen atoms in total. The minimum atomic E-state index is 1.16. The lowest BCUT2D eigenvalue weighted by molar-refractivity contribution is 1.18. The first-order chi connectivity index (χ1) is 25.3. The topological polar surface area (TPSA) is 4.93 Å². The van der Waals surface area contributed by atoms with Gasteiger partial charge in [0.15, 0.2) is 0 Å². The van der Waals surface area contributed by atoms with Crippen molar-refractivity contribution in [3.8, 4) is 50.2 Å². The maximum atomic E-state index is 2.41. The van der Waals surface area contributed by atoms with Gasteiger partial charge in [0, 0.05) is 16.5 Å². The molecule has 0 aliphatic rings. The van der Waals surface area contributed by atoms with E-state index in [4.69, 9.17) is 0 Å². The van der Waals surface area contributed by atoms with Crippen molar-refractivity contribution in [3.05, 3.63) is 200 Å². The predicted octanol–water partition coefficient (Wildman–Crippen LogP) is 13.8. The third-order valence-electron chi connectivity index (χ3n) is 10.4. The second kappa shape index (κ2) is 12.0. The van der Waals surface area contributed by atoms with Crippen molar-refractivity contribution in [1.29, 1.82) is 0 Å². The Hall–Kier alpha value is -6.70. The summed E-state index contributed by atoms with van der Waals surface area (Å²) in [5.74, 6) is 0. The van der Waals surface area contributed by atoms with Gasteiger partial charge in [-0.2, -0.15) is 0 Å². The average molecular weight is 648 g/mol. The summed E-state index contributed by atoms with van der Waals surface area (Å²) >= 11 is 0. The minimum Gasteiger partial charge on any atom is -0.309 e. The van der Waals surface area contributed by atoms with Crippen molar-refractivity contribution < 1.29 is 0 Å². The van der Waals surface area contributed by atoms with Crippen LogP contribution >= 0.6 is 0 Å². The maximum Gasteiger partial charge on any atom is 0.0541 e. The molecular weight excluding hydrogens is 615 g/mol. The van der Waals surface area contributed by atoms with Gasteiger partial charge in [-0.25, -0.2) is 0 Å². The zero-order valence-corrected chi connectivity index (χ0v) is 28.0. The monoisotopic (exact) mass is 647 g/mol. The first kappa shape index (κ1) is 29.2. The summed E-state index contributed by atoms with van der Waals surface area (Å²) in [6.45, 7) is 0. The molecule has 0 bridgehead atoms. The molecule has 9 aromatic carbocycles. The van der Waals surface area contributed by atoms with Crippen molar-refractivity contribution in [3.63, 3.8) is 0 Å². The van der Waals surface area contributed by atoms with Gasteiger partial charge in [-0.1, -0.05) is 158 Å². The van der Waals surface area contributed by atoms with Gasteiger partial charge >= 0.3 is 0 Å². The average Bonchev–Trinajstić information content (AvgIpc) is 3.54. The molecule has 0 aliphatic heterocycles. The van der Waals surface area contributed by atoms with Gasteiger partial charge in [0.25, 0.3) is 0 Å². The van der Waals surface area contributed by atoms with Gasteiger partial charge in [0.05, 0.1) is 11.0 Å². The number of aromatic nitrogens is 1. The van der Waals surface area contributed by atoms with E-state index in [0.29, 0.717) is 0 Å². The van der Waals surface area contributed by atoms with Crippen LogP contribution in [0, 0.1) is 0 Å². The molecule has 0 saturated heterocycles. The van der Waals surface area contributed by atoms with Crippen LogP contribution in [0.3, 0.4) is 0 Å². The van der Waals surface area contributed by atoms with Gasteiger partial charge in [-0.3, -0.25) is 0 Å². The lowest BCUT2D eigenvalue weighted by atomic mass is 9.96. The number of rotatable bonds is 5. The van der Waals surface area contributed by atoms with Crippen LogP contribution in [0.2, 0.25) is 0 Å². The summed E-state index contributed by atoms with van der Waals surface area (Å²) in [5, 5.41) is 7.64.